The summed E-state index contributed by atoms with van der Waals surface area (Å²) >= 11 is 0. The monoisotopic (exact) mass is 482 g/mol. The zero-order valence-corrected chi connectivity index (χ0v) is 20.7. The van der Waals surface area contributed by atoms with Crippen molar-refractivity contribution in [1.29, 1.82) is 0 Å². The average Bonchev–Trinajstić information content (AvgIpc) is 2.79. The number of ether oxygens (including phenoxy) is 2. The molecule has 1 atom stereocenters. The third-order valence-corrected chi connectivity index (χ3v) is 6.94. The number of carbonyl (C=O) groups excluding carboxylic acids is 1. The first-order valence-corrected chi connectivity index (χ1v) is 13.1. The van der Waals surface area contributed by atoms with Crippen LogP contribution in [0, 0.1) is 0 Å². The number of anilines is 1. The molecule has 0 fully saturated rings. The van der Waals surface area contributed by atoms with Crippen molar-refractivity contribution in [3.8, 4) is 11.5 Å². The quantitative estimate of drug-likeness (QED) is 0.540. The summed E-state index contributed by atoms with van der Waals surface area (Å²) in [5, 5.41) is 4.88. The van der Waals surface area contributed by atoms with Gasteiger partial charge in [-0.2, -0.15) is 0 Å². The third kappa shape index (κ3) is 5.12. The lowest BCUT2D eigenvalue weighted by molar-refractivity contribution is -0.127. The van der Waals surface area contributed by atoms with Crippen LogP contribution in [-0.2, 0) is 20.2 Å². The fourth-order valence-corrected chi connectivity index (χ4v) is 4.85. The molecule has 0 aliphatic carbocycles. The molecule has 0 radical (unpaired) electrons. The number of amides is 1. The summed E-state index contributed by atoms with van der Waals surface area (Å²) in [6.45, 7) is 6.61. The summed E-state index contributed by atoms with van der Waals surface area (Å²) in [4.78, 5) is 12.8. The lowest BCUT2D eigenvalue weighted by Gasteiger charge is -2.35. The minimum absolute atomic E-state index is 0.0879. The molecule has 1 N–H and O–H groups in total. The summed E-state index contributed by atoms with van der Waals surface area (Å²) in [7, 11) is -3.60. The third-order valence-electron chi connectivity index (χ3n) is 5.80. The number of fused-ring (bicyclic) bond motifs is 2. The van der Waals surface area contributed by atoms with Crippen molar-refractivity contribution < 1.29 is 22.7 Å². The number of carbonyl (C=O) groups is 1. The van der Waals surface area contributed by atoms with Gasteiger partial charge in [0.05, 0.1) is 25.0 Å². The molecule has 7 nitrogen and oxygen atoms in total. The van der Waals surface area contributed by atoms with Gasteiger partial charge in [0.25, 0.3) is 5.91 Å². The van der Waals surface area contributed by atoms with Crippen LogP contribution in [0.1, 0.15) is 26.3 Å². The first-order chi connectivity index (χ1) is 16.0. The lowest BCUT2D eigenvalue weighted by atomic mass is 9.86. The lowest BCUT2D eigenvalue weighted by Crippen LogP contribution is -2.51. The number of benzene rings is 3. The fourth-order valence-electron chi connectivity index (χ4n) is 3.94. The highest BCUT2D eigenvalue weighted by Gasteiger charge is 2.35. The van der Waals surface area contributed by atoms with Crippen molar-refractivity contribution in [2.24, 2.45) is 0 Å². The molecule has 8 heteroatoms. The Kier molecular flexibility index (Phi) is 6.45. The second-order valence-corrected chi connectivity index (χ2v) is 11.4. The van der Waals surface area contributed by atoms with Gasteiger partial charge >= 0.3 is 0 Å². The first kappa shape index (κ1) is 23.9. The van der Waals surface area contributed by atoms with Crippen LogP contribution in [0.5, 0.6) is 11.5 Å². The van der Waals surface area contributed by atoms with Crippen LogP contribution in [0.15, 0.2) is 60.7 Å². The normalized spacial score (nSPS) is 16.0. The number of hydrogen-bond acceptors (Lipinski definition) is 5. The Morgan fingerprint density at radius 2 is 1.85 bits per heavy atom. The van der Waals surface area contributed by atoms with E-state index in [1.165, 1.54) is 4.31 Å². The van der Waals surface area contributed by atoms with E-state index >= 15 is 0 Å². The molecule has 3 aromatic rings. The van der Waals surface area contributed by atoms with E-state index in [0.29, 0.717) is 11.4 Å². The molecule has 180 valence electrons. The molecule has 0 bridgehead atoms. The summed E-state index contributed by atoms with van der Waals surface area (Å²) in [6, 6.07) is 19.2. The van der Waals surface area contributed by atoms with Crippen molar-refractivity contribution in [3.05, 3.63) is 66.2 Å². The highest BCUT2D eigenvalue weighted by molar-refractivity contribution is 7.92. The molecule has 1 aliphatic heterocycles. The molecular weight excluding hydrogens is 452 g/mol. The van der Waals surface area contributed by atoms with Crippen LogP contribution in [0.2, 0.25) is 0 Å². The summed E-state index contributed by atoms with van der Waals surface area (Å²) in [5.41, 5.74) is 1.28. The average molecular weight is 483 g/mol. The van der Waals surface area contributed by atoms with E-state index in [0.717, 1.165) is 28.3 Å². The Morgan fingerprint density at radius 1 is 1.12 bits per heavy atom. The van der Waals surface area contributed by atoms with Crippen LogP contribution in [0.25, 0.3) is 10.8 Å². The first-order valence-electron chi connectivity index (χ1n) is 11.2. The van der Waals surface area contributed by atoms with E-state index in [1.807, 2.05) is 54.6 Å². The summed E-state index contributed by atoms with van der Waals surface area (Å²) in [5.74, 6) is 0.727. The molecule has 0 saturated carbocycles. The van der Waals surface area contributed by atoms with Gasteiger partial charge in [0, 0.05) is 5.39 Å². The highest BCUT2D eigenvalue weighted by atomic mass is 32.2. The van der Waals surface area contributed by atoms with Crippen molar-refractivity contribution in [2.45, 2.75) is 32.3 Å². The number of sulfonamides is 1. The van der Waals surface area contributed by atoms with Gasteiger partial charge in [-0.25, -0.2) is 8.42 Å². The van der Waals surface area contributed by atoms with E-state index in [2.05, 4.69) is 26.1 Å². The van der Waals surface area contributed by atoms with Gasteiger partial charge in [0.15, 0.2) is 6.10 Å². The van der Waals surface area contributed by atoms with Crippen LogP contribution < -0.4 is 19.1 Å². The van der Waals surface area contributed by atoms with Crippen molar-refractivity contribution in [3.63, 3.8) is 0 Å². The minimum Gasteiger partial charge on any atom is -0.491 e. The Morgan fingerprint density at radius 3 is 2.59 bits per heavy atom. The molecule has 34 heavy (non-hydrogen) atoms. The molecule has 0 spiro atoms. The summed E-state index contributed by atoms with van der Waals surface area (Å²) < 4.78 is 38.1. The predicted octanol–water partition coefficient (Wildman–Crippen LogP) is 3.86. The topological polar surface area (TPSA) is 84.9 Å². The Balaban J connectivity index is 1.42. The molecule has 0 saturated heterocycles. The van der Waals surface area contributed by atoms with Crippen LogP contribution in [0.4, 0.5) is 5.69 Å². The standard InChI is InChI=1S/C26H30N2O5S/c1-26(2,3)19-12-13-23-21(16-19)28(34(4,30)31)17-24(33-23)25(29)27-14-15-32-22-11-7-9-18-8-5-6-10-20(18)22/h5-13,16,24H,14-15,17H2,1-4H3,(H,27,29). The van der Waals surface area contributed by atoms with Crippen LogP contribution in [-0.4, -0.2) is 46.4 Å². The van der Waals surface area contributed by atoms with Crippen molar-refractivity contribution in [2.75, 3.05) is 30.3 Å². The molecule has 1 unspecified atom stereocenters. The second kappa shape index (κ2) is 9.18. The van der Waals surface area contributed by atoms with Crippen LogP contribution >= 0.6 is 0 Å². The number of nitrogens with one attached hydrogen (secondary N) is 1. The maximum atomic E-state index is 12.8. The molecule has 4 rings (SSSR count). The minimum atomic E-state index is -3.60. The molecule has 1 amide bonds. The summed E-state index contributed by atoms with van der Waals surface area (Å²) in [6.07, 6.45) is 0.180. The number of nitrogens with zero attached hydrogens (tertiary/aromatic N) is 1. The van der Waals surface area contributed by atoms with Gasteiger partial charge in [0.2, 0.25) is 10.0 Å². The molecule has 1 heterocycles. The molecule has 0 aromatic heterocycles. The smallest absolute Gasteiger partial charge is 0.263 e. The predicted molar refractivity (Wildman–Crippen MR) is 134 cm³/mol. The number of hydrogen-bond donors (Lipinski definition) is 1. The zero-order chi connectivity index (χ0) is 24.5. The van der Waals surface area contributed by atoms with E-state index in [9.17, 15) is 13.2 Å². The SMILES string of the molecule is CC(C)(C)c1ccc2c(c1)N(S(C)(=O)=O)CC(C(=O)NCCOc1cccc3ccccc13)O2. The Hall–Kier alpha value is -3.26. The maximum absolute atomic E-state index is 12.8. The van der Waals surface area contributed by atoms with E-state index in [4.69, 9.17) is 9.47 Å². The zero-order valence-electron chi connectivity index (χ0n) is 19.9. The Labute approximate surface area is 200 Å². The van der Waals surface area contributed by atoms with Gasteiger partial charge in [-0.05, 0) is 34.6 Å². The van der Waals surface area contributed by atoms with E-state index < -0.39 is 16.1 Å². The van der Waals surface area contributed by atoms with Crippen molar-refractivity contribution >= 4 is 32.4 Å². The van der Waals surface area contributed by atoms with Gasteiger partial charge in [-0.1, -0.05) is 63.2 Å². The van der Waals surface area contributed by atoms with Gasteiger partial charge in [0.1, 0.15) is 18.1 Å². The van der Waals surface area contributed by atoms with Crippen LogP contribution in [0.3, 0.4) is 0 Å². The van der Waals surface area contributed by atoms with Gasteiger partial charge < -0.3 is 14.8 Å². The van der Waals surface area contributed by atoms with Gasteiger partial charge in [-0.15, -0.1) is 0 Å². The molecule has 1 aliphatic rings. The van der Waals surface area contributed by atoms with E-state index in [1.54, 1.807) is 6.07 Å². The van der Waals surface area contributed by atoms with E-state index in [-0.39, 0.29) is 31.0 Å². The second-order valence-electron chi connectivity index (χ2n) is 9.45. The van der Waals surface area contributed by atoms with Crippen molar-refractivity contribution in [1.82, 2.24) is 5.32 Å². The number of rotatable bonds is 6. The largest absolute Gasteiger partial charge is 0.491 e. The fraction of sp³-hybridized carbons (Fsp3) is 0.346. The maximum Gasteiger partial charge on any atom is 0.263 e. The van der Waals surface area contributed by atoms with Gasteiger partial charge in [-0.3, -0.25) is 9.10 Å². The molecular formula is C26H30N2O5S. The highest BCUT2D eigenvalue weighted by Crippen LogP contribution is 2.38. The molecule has 3 aromatic carbocycles. The Bertz CT molecular complexity index is 1310.